The van der Waals surface area contributed by atoms with E-state index in [4.69, 9.17) is 5.11 Å². The van der Waals surface area contributed by atoms with Gasteiger partial charge in [-0.2, -0.15) is 8.78 Å². The number of rotatable bonds is 5. The molecule has 1 fully saturated rings. The summed E-state index contributed by atoms with van der Waals surface area (Å²) in [5.74, 6) is -3.75. The van der Waals surface area contributed by atoms with Crippen molar-refractivity contribution < 1.29 is 27.1 Å². The van der Waals surface area contributed by atoms with Crippen molar-refractivity contribution in [1.29, 1.82) is 0 Å². The molecule has 128 valence electrons. The van der Waals surface area contributed by atoms with Crippen LogP contribution in [0.5, 0.6) is 0 Å². The molecule has 0 radical (unpaired) electrons. The minimum atomic E-state index is -4.72. The number of hydrogen-bond acceptors (Lipinski definition) is 4. The summed E-state index contributed by atoms with van der Waals surface area (Å²) < 4.78 is 48.1. The van der Waals surface area contributed by atoms with Crippen LogP contribution in [0.3, 0.4) is 0 Å². The Morgan fingerprint density at radius 2 is 1.91 bits per heavy atom. The first kappa shape index (κ1) is 17.8. The van der Waals surface area contributed by atoms with E-state index in [1.807, 2.05) is 0 Å². The zero-order chi connectivity index (χ0) is 17.0. The zero-order valence-corrected chi connectivity index (χ0v) is 13.2. The highest BCUT2D eigenvalue weighted by molar-refractivity contribution is 7.91. The molecule has 1 aliphatic rings. The number of aliphatic hydroxyl groups is 1. The van der Waals surface area contributed by atoms with Crippen molar-refractivity contribution in [3.63, 3.8) is 0 Å². The van der Waals surface area contributed by atoms with E-state index in [2.05, 4.69) is 5.32 Å². The smallest absolute Gasteiger partial charge is 0.341 e. The molecular formula is C15H19F2NO4S. The average molecular weight is 347 g/mol. The van der Waals surface area contributed by atoms with Crippen LogP contribution in [0.2, 0.25) is 0 Å². The average Bonchev–Trinajstić information content (AvgIpc) is 2.55. The lowest BCUT2D eigenvalue weighted by molar-refractivity contribution is 0.0913. The summed E-state index contributed by atoms with van der Waals surface area (Å²) in [6.45, 7) is 0.133. The Bertz CT molecular complexity index is 655. The van der Waals surface area contributed by atoms with Crippen LogP contribution in [0.15, 0.2) is 29.2 Å². The van der Waals surface area contributed by atoms with Crippen LogP contribution in [0, 0.1) is 5.92 Å². The first-order valence-electron chi connectivity index (χ1n) is 7.38. The van der Waals surface area contributed by atoms with Crippen LogP contribution in [0.4, 0.5) is 8.78 Å². The van der Waals surface area contributed by atoms with Crippen molar-refractivity contribution >= 4 is 15.7 Å². The van der Waals surface area contributed by atoms with E-state index >= 15 is 0 Å². The number of carbonyl (C=O) groups is 1. The molecule has 2 N–H and O–H groups in total. The van der Waals surface area contributed by atoms with Gasteiger partial charge in [0, 0.05) is 18.2 Å². The first-order chi connectivity index (χ1) is 10.8. The Balaban J connectivity index is 2.06. The maximum absolute atomic E-state index is 12.6. The van der Waals surface area contributed by atoms with Gasteiger partial charge in [-0.1, -0.05) is 6.07 Å². The molecule has 1 amide bonds. The zero-order valence-electron chi connectivity index (χ0n) is 12.4. The summed E-state index contributed by atoms with van der Waals surface area (Å²) in [5.41, 5.74) is 0.0380. The monoisotopic (exact) mass is 347 g/mol. The van der Waals surface area contributed by atoms with Gasteiger partial charge in [-0.25, -0.2) is 8.42 Å². The third-order valence-corrected chi connectivity index (χ3v) is 5.48. The van der Waals surface area contributed by atoms with E-state index in [-0.39, 0.29) is 24.1 Å². The van der Waals surface area contributed by atoms with E-state index in [0.29, 0.717) is 0 Å². The summed E-state index contributed by atoms with van der Waals surface area (Å²) in [7, 11) is -4.72. The van der Waals surface area contributed by atoms with E-state index in [0.717, 1.165) is 37.8 Å². The second-order valence-electron chi connectivity index (χ2n) is 5.71. The fraction of sp³-hybridized carbons (Fsp3) is 0.533. The van der Waals surface area contributed by atoms with Gasteiger partial charge in [-0.3, -0.25) is 4.79 Å². The fourth-order valence-electron chi connectivity index (χ4n) is 2.68. The SMILES string of the molecule is O=C(NC1CCC(CO)CC1)c1cccc(S(=O)(=O)C(F)F)c1. The lowest BCUT2D eigenvalue weighted by atomic mass is 9.86. The van der Waals surface area contributed by atoms with Gasteiger partial charge in [0.1, 0.15) is 0 Å². The minimum absolute atomic E-state index is 0.0380. The number of aliphatic hydroxyl groups excluding tert-OH is 1. The van der Waals surface area contributed by atoms with Gasteiger partial charge in [0.15, 0.2) is 0 Å². The maximum atomic E-state index is 12.6. The number of amides is 1. The molecule has 0 saturated heterocycles. The van der Waals surface area contributed by atoms with Crippen molar-refractivity contribution in [2.75, 3.05) is 6.61 Å². The molecule has 8 heteroatoms. The van der Waals surface area contributed by atoms with E-state index in [1.54, 1.807) is 0 Å². The predicted octanol–water partition coefficient (Wildman–Crippen LogP) is 1.96. The molecule has 0 aliphatic heterocycles. The minimum Gasteiger partial charge on any atom is -0.396 e. The molecule has 2 rings (SSSR count). The van der Waals surface area contributed by atoms with Gasteiger partial charge in [0.05, 0.1) is 4.90 Å². The first-order valence-corrected chi connectivity index (χ1v) is 8.93. The van der Waals surface area contributed by atoms with E-state index < -0.39 is 26.4 Å². The lowest BCUT2D eigenvalue weighted by Gasteiger charge is -2.28. The number of halogens is 2. The third-order valence-electron chi connectivity index (χ3n) is 4.10. The van der Waals surface area contributed by atoms with Crippen LogP contribution < -0.4 is 5.32 Å². The van der Waals surface area contributed by atoms with Gasteiger partial charge >= 0.3 is 5.76 Å². The van der Waals surface area contributed by atoms with Crippen LogP contribution in [0.25, 0.3) is 0 Å². The normalized spacial score (nSPS) is 22.1. The highest BCUT2D eigenvalue weighted by Gasteiger charge is 2.27. The maximum Gasteiger partial charge on any atom is 0.341 e. The molecule has 5 nitrogen and oxygen atoms in total. The highest BCUT2D eigenvalue weighted by atomic mass is 32.2. The fourth-order valence-corrected chi connectivity index (χ4v) is 3.44. The highest BCUT2D eigenvalue weighted by Crippen LogP contribution is 2.24. The summed E-state index contributed by atoms with van der Waals surface area (Å²) in [6, 6.07) is 4.62. The van der Waals surface area contributed by atoms with Crippen molar-refractivity contribution in [2.24, 2.45) is 5.92 Å². The van der Waals surface area contributed by atoms with Crippen LogP contribution in [-0.4, -0.2) is 37.8 Å². The molecule has 0 heterocycles. The van der Waals surface area contributed by atoms with Crippen molar-refractivity contribution in [1.82, 2.24) is 5.32 Å². The quantitative estimate of drug-likeness (QED) is 0.853. The summed E-state index contributed by atoms with van der Waals surface area (Å²) in [6.07, 6.45) is 3.07. The van der Waals surface area contributed by atoms with Crippen molar-refractivity contribution in [3.8, 4) is 0 Å². The Labute approximate surface area is 133 Å². The number of hydrogen-bond donors (Lipinski definition) is 2. The van der Waals surface area contributed by atoms with Gasteiger partial charge < -0.3 is 10.4 Å². The van der Waals surface area contributed by atoms with Crippen LogP contribution in [0.1, 0.15) is 36.0 Å². The number of alkyl halides is 2. The second kappa shape index (κ2) is 7.35. The molecule has 1 aromatic carbocycles. The molecular weight excluding hydrogens is 328 g/mol. The number of benzene rings is 1. The lowest BCUT2D eigenvalue weighted by Crippen LogP contribution is -2.38. The predicted molar refractivity (Wildman–Crippen MR) is 79.9 cm³/mol. The van der Waals surface area contributed by atoms with Gasteiger partial charge in [0.25, 0.3) is 5.91 Å². The van der Waals surface area contributed by atoms with E-state index in [1.165, 1.54) is 12.1 Å². The summed E-state index contributed by atoms with van der Waals surface area (Å²) in [4.78, 5) is 11.6. The van der Waals surface area contributed by atoms with Crippen molar-refractivity contribution in [3.05, 3.63) is 29.8 Å². The Kier molecular flexibility index (Phi) is 5.69. The standard InChI is InChI=1S/C15H19F2NO4S/c16-15(17)23(21,22)13-3-1-2-11(8-13)14(20)18-12-6-4-10(9-19)5-7-12/h1-3,8,10,12,15,19H,4-7,9H2,(H,18,20). The van der Waals surface area contributed by atoms with Crippen LogP contribution >= 0.6 is 0 Å². The topological polar surface area (TPSA) is 83.5 Å². The van der Waals surface area contributed by atoms with Crippen LogP contribution in [-0.2, 0) is 9.84 Å². The summed E-state index contributed by atoms with van der Waals surface area (Å²) >= 11 is 0. The number of carbonyl (C=O) groups excluding carboxylic acids is 1. The summed E-state index contributed by atoms with van der Waals surface area (Å²) in [5, 5.41) is 11.9. The largest absolute Gasteiger partial charge is 0.396 e. The molecule has 1 aliphatic carbocycles. The Morgan fingerprint density at radius 1 is 1.26 bits per heavy atom. The van der Waals surface area contributed by atoms with E-state index in [9.17, 15) is 22.0 Å². The number of nitrogens with one attached hydrogen (secondary N) is 1. The number of sulfone groups is 1. The molecule has 0 bridgehead atoms. The van der Waals surface area contributed by atoms with Gasteiger partial charge in [-0.15, -0.1) is 0 Å². The molecule has 1 aromatic rings. The van der Waals surface area contributed by atoms with Gasteiger partial charge in [0.2, 0.25) is 9.84 Å². The Hall–Kier alpha value is -1.54. The molecule has 0 atom stereocenters. The molecule has 0 spiro atoms. The third kappa shape index (κ3) is 4.26. The molecule has 1 saturated carbocycles. The van der Waals surface area contributed by atoms with Crippen molar-refractivity contribution in [2.45, 2.75) is 42.4 Å². The molecule has 0 aromatic heterocycles. The Morgan fingerprint density at radius 3 is 2.48 bits per heavy atom. The molecule has 0 unspecified atom stereocenters. The second-order valence-corrected chi connectivity index (χ2v) is 7.62. The van der Waals surface area contributed by atoms with Gasteiger partial charge in [-0.05, 0) is 49.8 Å². The molecule has 23 heavy (non-hydrogen) atoms.